The van der Waals surface area contributed by atoms with Gasteiger partial charge in [0.15, 0.2) is 0 Å². The Hall–Kier alpha value is -1.39. The monoisotopic (exact) mass is 249 g/mol. The molecule has 0 atom stereocenters. The zero-order chi connectivity index (χ0) is 12.1. The van der Waals surface area contributed by atoms with Gasteiger partial charge in [-0.25, -0.2) is 4.98 Å². The highest BCUT2D eigenvalue weighted by atomic mass is 32.1. The third-order valence-electron chi connectivity index (χ3n) is 2.33. The third-order valence-corrected chi connectivity index (χ3v) is 3.37. The van der Waals surface area contributed by atoms with Crippen molar-refractivity contribution in [1.29, 1.82) is 0 Å². The van der Waals surface area contributed by atoms with Crippen molar-refractivity contribution in [1.82, 2.24) is 4.98 Å². The Morgan fingerprint density at radius 1 is 1.41 bits per heavy atom. The maximum atomic E-state index is 8.92. The number of nitrogens with zero attached hydrogens (tertiary/aromatic N) is 1. The first-order valence-electron chi connectivity index (χ1n) is 5.52. The summed E-state index contributed by atoms with van der Waals surface area (Å²) in [6.07, 6.45) is 2.49. The molecule has 2 aromatic rings. The second-order valence-electron chi connectivity index (χ2n) is 3.79. The van der Waals surface area contributed by atoms with E-state index in [2.05, 4.69) is 4.98 Å². The van der Waals surface area contributed by atoms with Crippen LogP contribution in [0.5, 0.6) is 5.75 Å². The number of rotatable bonds is 5. The van der Waals surface area contributed by atoms with Crippen LogP contribution in [0, 0.1) is 6.92 Å². The Balaban J connectivity index is 1.83. The number of thiazole rings is 1. The summed E-state index contributed by atoms with van der Waals surface area (Å²) in [4.78, 5) is 5.11. The Kier molecular flexibility index (Phi) is 4.12. The normalized spacial score (nSPS) is 10.5. The van der Waals surface area contributed by atoms with Gasteiger partial charge in [0.25, 0.3) is 0 Å². The van der Waals surface area contributed by atoms with Crippen molar-refractivity contribution in [3.05, 3.63) is 45.9 Å². The number of ether oxygens (including phenoxy) is 1. The van der Waals surface area contributed by atoms with Crippen molar-refractivity contribution in [3.8, 4) is 5.75 Å². The van der Waals surface area contributed by atoms with Gasteiger partial charge in [0.1, 0.15) is 5.75 Å². The van der Waals surface area contributed by atoms with Crippen LogP contribution in [-0.4, -0.2) is 16.7 Å². The second kappa shape index (κ2) is 5.80. The number of aromatic nitrogens is 1. The Morgan fingerprint density at radius 2 is 2.29 bits per heavy atom. The molecule has 90 valence electrons. The SMILES string of the molecule is Cc1cccc(OCCc2ncc(CO)s2)c1. The van der Waals surface area contributed by atoms with E-state index in [9.17, 15) is 0 Å². The maximum absolute atomic E-state index is 8.92. The number of aliphatic hydroxyl groups is 1. The molecule has 0 radical (unpaired) electrons. The van der Waals surface area contributed by atoms with Gasteiger partial charge < -0.3 is 9.84 Å². The van der Waals surface area contributed by atoms with Gasteiger partial charge in [-0.2, -0.15) is 0 Å². The molecule has 1 aromatic heterocycles. The molecule has 0 fully saturated rings. The summed E-state index contributed by atoms with van der Waals surface area (Å²) in [7, 11) is 0. The molecule has 0 saturated heterocycles. The second-order valence-corrected chi connectivity index (χ2v) is 4.99. The van der Waals surface area contributed by atoms with E-state index in [1.807, 2.05) is 31.2 Å². The van der Waals surface area contributed by atoms with Crippen LogP contribution in [0.4, 0.5) is 0 Å². The first-order valence-corrected chi connectivity index (χ1v) is 6.33. The first kappa shape index (κ1) is 12.1. The van der Waals surface area contributed by atoms with Gasteiger partial charge in [-0.3, -0.25) is 0 Å². The van der Waals surface area contributed by atoms with E-state index in [4.69, 9.17) is 9.84 Å². The third kappa shape index (κ3) is 3.54. The van der Waals surface area contributed by atoms with Crippen molar-refractivity contribution in [3.63, 3.8) is 0 Å². The lowest BCUT2D eigenvalue weighted by Crippen LogP contribution is -2.00. The molecule has 1 N–H and O–H groups in total. The molecule has 0 bridgehead atoms. The average molecular weight is 249 g/mol. The number of hydrogen-bond donors (Lipinski definition) is 1. The Labute approximate surface area is 105 Å². The van der Waals surface area contributed by atoms with Gasteiger partial charge in [0.05, 0.1) is 23.1 Å². The molecular formula is C13H15NO2S. The molecule has 0 amide bonds. The van der Waals surface area contributed by atoms with Crippen LogP contribution in [0.1, 0.15) is 15.4 Å². The summed E-state index contributed by atoms with van der Waals surface area (Å²) in [5.41, 5.74) is 1.19. The maximum Gasteiger partial charge on any atom is 0.119 e. The van der Waals surface area contributed by atoms with Crippen molar-refractivity contribution in [2.24, 2.45) is 0 Å². The van der Waals surface area contributed by atoms with Gasteiger partial charge >= 0.3 is 0 Å². The minimum Gasteiger partial charge on any atom is -0.493 e. The predicted molar refractivity (Wildman–Crippen MR) is 68.4 cm³/mol. The molecule has 3 nitrogen and oxygen atoms in total. The van der Waals surface area contributed by atoms with Crippen LogP contribution < -0.4 is 4.74 Å². The van der Waals surface area contributed by atoms with Crippen LogP contribution in [0.25, 0.3) is 0 Å². The fourth-order valence-electron chi connectivity index (χ4n) is 1.50. The van der Waals surface area contributed by atoms with Crippen molar-refractivity contribution < 1.29 is 9.84 Å². The summed E-state index contributed by atoms with van der Waals surface area (Å²) in [6.45, 7) is 2.72. The first-order chi connectivity index (χ1) is 8.28. The molecule has 0 unspecified atom stereocenters. The lowest BCUT2D eigenvalue weighted by Gasteiger charge is -2.05. The highest BCUT2D eigenvalue weighted by Gasteiger charge is 2.01. The molecule has 0 saturated carbocycles. The average Bonchev–Trinajstić information content (AvgIpc) is 2.77. The van der Waals surface area contributed by atoms with E-state index in [-0.39, 0.29) is 6.61 Å². The summed E-state index contributed by atoms with van der Waals surface area (Å²) in [6, 6.07) is 7.99. The molecule has 17 heavy (non-hydrogen) atoms. The molecule has 2 rings (SSSR count). The number of aryl methyl sites for hydroxylation is 1. The van der Waals surface area contributed by atoms with Crippen molar-refractivity contribution >= 4 is 11.3 Å². The van der Waals surface area contributed by atoms with Crippen LogP contribution in [0.2, 0.25) is 0 Å². The lowest BCUT2D eigenvalue weighted by atomic mass is 10.2. The van der Waals surface area contributed by atoms with E-state index in [0.717, 1.165) is 22.1 Å². The van der Waals surface area contributed by atoms with E-state index < -0.39 is 0 Å². The van der Waals surface area contributed by atoms with E-state index in [0.29, 0.717) is 6.61 Å². The van der Waals surface area contributed by atoms with E-state index in [1.165, 1.54) is 16.9 Å². The molecule has 0 aliphatic rings. The number of benzene rings is 1. The highest BCUT2D eigenvalue weighted by Crippen LogP contribution is 2.15. The zero-order valence-electron chi connectivity index (χ0n) is 9.72. The summed E-state index contributed by atoms with van der Waals surface area (Å²) >= 11 is 1.53. The molecule has 4 heteroatoms. The number of aliphatic hydroxyl groups excluding tert-OH is 1. The van der Waals surface area contributed by atoms with Crippen molar-refractivity contribution in [2.45, 2.75) is 20.0 Å². The fourth-order valence-corrected chi connectivity index (χ4v) is 2.26. The largest absolute Gasteiger partial charge is 0.493 e. The van der Waals surface area contributed by atoms with Crippen LogP contribution in [0.15, 0.2) is 30.5 Å². The molecular weight excluding hydrogens is 234 g/mol. The van der Waals surface area contributed by atoms with Gasteiger partial charge in [-0.05, 0) is 24.6 Å². The van der Waals surface area contributed by atoms with Gasteiger partial charge in [-0.1, -0.05) is 12.1 Å². The summed E-state index contributed by atoms with van der Waals surface area (Å²) in [5, 5.41) is 9.93. The predicted octanol–water partition coefficient (Wildman–Crippen LogP) is 2.57. The Bertz CT molecular complexity index is 482. The van der Waals surface area contributed by atoms with Crippen molar-refractivity contribution in [2.75, 3.05) is 6.61 Å². The van der Waals surface area contributed by atoms with Gasteiger partial charge in [0, 0.05) is 12.6 Å². The van der Waals surface area contributed by atoms with E-state index >= 15 is 0 Å². The highest BCUT2D eigenvalue weighted by molar-refractivity contribution is 7.11. The summed E-state index contributed by atoms with van der Waals surface area (Å²) in [5.74, 6) is 0.893. The summed E-state index contributed by atoms with van der Waals surface area (Å²) < 4.78 is 5.64. The zero-order valence-corrected chi connectivity index (χ0v) is 10.5. The quantitative estimate of drug-likeness (QED) is 0.885. The van der Waals surface area contributed by atoms with Gasteiger partial charge in [0.2, 0.25) is 0 Å². The molecule has 1 heterocycles. The van der Waals surface area contributed by atoms with Gasteiger partial charge in [-0.15, -0.1) is 11.3 Å². The fraction of sp³-hybridized carbons (Fsp3) is 0.308. The Morgan fingerprint density at radius 3 is 3.00 bits per heavy atom. The topological polar surface area (TPSA) is 42.4 Å². The van der Waals surface area contributed by atoms with Crippen LogP contribution in [-0.2, 0) is 13.0 Å². The van der Waals surface area contributed by atoms with Crippen LogP contribution >= 0.6 is 11.3 Å². The molecule has 1 aromatic carbocycles. The number of hydrogen-bond acceptors (Lipinski definition) is 4. The minimum atomic E-state index is 0.0659. The standard InChI is InChI=1S/C13H15NO2S/c1-10-3-2-4-11(7-10)16-6-5-13-14-8-12(9-15)17-13/h2-4,7-8,15H,5-6,9H2,1H3. The van der Waals surface area contributed by atoms with Crippen LogP contribution in [0.3, 0.4) is 0 Å². The molecule has 0 spiro atoms. The smallest absolute Gasteiger partial charge is 0.119 e. The van der Waals surface area contributed by atoms with E-state index in [1.54, 1.807) is 6.20 Å². The molecule has 0 aliphatic heterocycles. The minimum absolute atomic E-state index is 0.0659. The molecule has 0 aliphatic carbocycles. The lowest BCUT2D eigenvalue weighted by molar-refractivity contribution is 0.285.